The van der Waals surface area contributed by atoms with E-state index in [1.165, 1.54) is 25.3 Å². The molecule has 0 aliphatic carbocycles. The van der Waals surface area contributed by atoms with Crippen molar-refractivity contribution in [1.82, 2.24) is 0 Å². The molecule has 0 spiro atoms. The molecule has 2 nitrogen and oxygen atoms in total. The van der Waals surface area contributed by atoms with Crippen LogP contribution in [0.5, 0.6) is 0 Å². The number of rotatable bonds is 8. The molecular formula is C16H22O2. The molecule has 0 aromatic heterocycles. The highest BCUT2D eigenvalue weighted by molar-refractivity contribution is 5.81. The van der Waals surface area contributed by atoms with Crippen molar-refractivity contribution in [3.8, 4) is 0 Å². The minimum Gasteiger partial charge on any atom is -0.458 e. The molecule has 0 unspecified atom stereocenters. The van der Waals surface area contributed by atoms with Crippen LogP contribution in [0.15, 0.2) is 42.5 Å². The Morgan fingerprint density at radius 1 is 1.17 bits per heavy atom. The molecule has 0 heterocycles. The zero-order valence-electron chi connectivity index (χ0n) is 11.1. The molecule has 1 aromatic carbocycles. The second-order valence-electron chi connectivity index (χ2n) is 4.35. The molecule has 0 fully saturated rings. The number of benzene rings is 1. The second kappa shape index (κ2) is 9.46. The summed E-state index contributed by atoms with van der Waals surface area (Å²) in [5, 5.41) is 0. The number of allylic oxidation sites excluding steroid dienone is 1. The van der Waals surface area contributed by atoms with E-state index >= 15 is 0 Å². The lowest BCUT2D eigenvalue weighted by Crippen LogP contribution is -2.00. The van der Waals surface area contributed by atoms with Gasteiger partial charge >= 0.3 is 5.97 Å². The molecule has 0 aliphatic heterocycles. The van der Waals surface area contributed by atoms with Gasteiger partial charge in [-0.15, -0.1) is 0 Å². The molecule has 2 heteroatoms. The fraction of sp³-hybridized carbons (Fsp3) is 0.438. The number of unbranched alkanes of at least 4 members (excludes halogenated alkanes) is 4. The van der Waals surface area contributed by atoms with Crippen molar-refractivity contribution in [2.75, 3.05) is 0 Å². The molecule has 0 saturated carbocycles. The van der Waals surface area contributed by atoms with Crippen molar-refractivity contribution >= 4 is 5.97 Å². The van der Waals surface area contributed by atoms with E-state index in [2.05, 4.69) is 6.92 Å². The van der Waals surface area contributed by atoms with Crippen molar-refractivity contribution in [3.63, 3.8) is 0 Å². The predicted octanol–water partition coefficient (Wildman–Crippen LogP) is 4.26. The molecule has 0 bridgehead atoms. The normalized spacial score (nSPS) is 10.7. The van der Waals surface area contributed by atoms with Crippen molar-refractivity contribution < 1.29 is 9.53 Å². The third-order valence-corrected chi connectivity index (χ3v) is 2.70. The summed E-state index contributed by atoms with van der Waals surface area (Å²) in [6, 6.07) is 9.71. The Bertz CT molecular complexity index is 355. The van der Waals surface area contributed by atoms with Crippen LogP contribution in [0, 0.1) is 0 Å². The monoisotopic (exact) mass is 246 g/mol. The van der Waals surface area contributed by atoms with Gasteiger partial charge in [-0.3, -0.25) is 0 Å². The van der Waals surface area contributed by atoms with Gasteiger partial charge in [0, 0.05) is 6.08 Å². The summed E-state index contributed by atoms with van der Waals surface area (Å²) in [5.41, 5.74) is 1.02. The summed E-state index contributed by atoms with van der Waals surface area (Å²) in [6.45, 7) is 2.54. The van der Waals surface area contributed by atoms with Gasteiger partial charge in [0.15, 0.2) is 0 Å². The number of carbonyl (C=O) groups is 1. The predicted molar refractivity (Wildman–Crippen MR) is 74.1 cm³/mol. The van der Waals surface area contributed by atoms with Gasteiger partial charge in [0.05, 0.1) is 0 Å². The SMILES string of the molecule is CCCCCC/C=C/C(=O)OCc1ccccc1. The highest BCUT2D eigenvalue weighted by Gasteiger charge is 1.97. The van der Waals surface area contributed by atoms with E-state index in [1.54, 1.807) is 0 Å². The molecule has 1 rings (SSSR count). The largest absolute Gasteiger partial charge is 0.458 e. The Kier molecular flexibility index (Phi) is 7.61. The van der Waals surface area contributed by atoms with Crippen LogP contribution in [0.1, 0.15) is 44.6 Å². The van der Waals surface area contributed by atoms with Crippen LogP contribution in [0.4, 0.5) is 0 Å². The summed E-state index contributed by atoms with van der Waals surface area (Å²) in [4.78, 5) is 11.4. The van der Waals surface area contributed by atoms with Gasteiger partial charge in [-0.25, -0.2) is 4.79 Å². The Morgan fingerprint density at radius 2 is 1.94 bits per heavy atom. The summed E-state index contributed by atoms with van der Waals surface area (Å²) < 4.78 is 5.13. The van der Waals surface area contributed by atoms with E-state index in [1.807, 2.05) is 36.4 Å². The topological polar surface area (TPSA) is 26.3 Å². The van der Waals surface area contributed by atoms with E-state index < -0.39 is 0 Å². The highest BCUT2D eigenvalue weighted by atomic mass is 16.5. The van der Waals surface area contributed by atoms with Crippen LogP contribution >= 0.6 is 0 Å². The minimum absolute atomic E-state index is 0.255. The summed E-state index contributed by atoms with van der Waals surface area (Å²) >= 11 is 0. The minimum atomic E-state index is -0.255. The van der Waals surface area contributed by atoms with Crippen LogP contribution in [-0.2, 0) is 16.1 Å². The number of ether oxygens (including phenoxy) is 1. The first-order chi connectivity index (χ1) is 8.83. The Hall–Kier alpha value is -1.57. The lowest BCUT2D eigenvalue weighted by Gasteiger charge is -2.01. The van der Waals surface area contributed by atoms with Gasteiger partial charge in [0.1, 0.15) is 6.61 Å². The van der Waals surface area contributed by atoms with Crippen molar-refractivity contribution in [2.24, 2.45) is 0 Å². The lowest BCUT2D eigenvalue weighted by atomic mass is 10.1. The fourth-order valence-electron chi connectivity index (χ4n) is 1.65. The van der Waals surface area contributed by atoms with Crippen LogP contribution in [0.25, 0.3) is 0 Å². The molecule has 0 N–H and O–H groups in total. The molecule has 0 aliphatic rings. The molecule has 18 heavy (non-hydrogen) atoms. The van der Waals surface area contributed by atoms with E-state index in [0.29, 0.717) is 6.61 Å². The molecule has 1 aromatic rings. The average Bonchev–Trinajstić information content (AvgIpc) is 2.41. The number of hydrogen-bond acceptors (Lipinski definition) is 2. The van der Waals surface area contributed by atoms with Crippen LogP contribution < -0.4 is 0 Å². The smallest absolute Gasteiger partial charge is 0.330 e. The van der Waals surface area contributed by atoms with E-state index in [-0.39, 0.29) is 5.97 Å². The first kappa shape index (κ1) is 14.5. The molecule has 98 valence electrons. The maximum atomic E-state index is 11.4. The summed E-state index contributed by atoms with van der Waals surface area (Å²) in [6.07, 6.45) is 9.30. The zero-order chi connectivity index (χ0) is 13.1. The maximum absolute atomic E-state index is 11.4. The molecule has 0 amide bonds. The molecule has 0 radical (unpaired) electrons. The lowest BCUT2D eigenvalue weighted by molar-refractivity contribution is -0.139. The van der Waals surface area contributed by atoms with Crippen molar-refractivity contribution in [2.45, 2.75) is 45.6 Å². The standard InChI is InChI=1S/C16H22O2/c1-2-3-4-5-6-10-13-16(17)18-14-15-11-8-7-9-12-15/h7-13H,2-6,14H2,1H3/b13-10+. The van der Waals surface area contributed by atoms with Gasteiger partial charge < -0.3 is 4.74 Å². The zero-order valence-corrected chi connectivity index (χ0v) is 11.1. The average molecular weight is 246 g/mol. The molecule has 0 atom stereocenters. The third-order valence-electron chi connectivity index (χ3n) is 2.70. The van der Waals surface area contributed by atoms with Crippen molar-refractivity contribution in [1.29, 1.82) is 0 Å². The quantitative estimate of drug-likeness (QED) is 0.389. The number of carbonyl (C=O) groups excluding carboxylic acids is 1. The summed E-state index contributed by atoms with van der Waals surface area (Å²) in [5.74, 6) is -0.255. The third kappa shape index (κ3) is 6.89. The number of hydrogen-bond donors (Lipinski definition) is 0. The molecular weight excluding hydrogens is 224 g/mol. The second-order valence-corrected chi connectivity index (χ2v) is 4.35. The van der Waals surface area contributed by atoms with Crippen LogP contribution in [0.3, 0.4) is 0 Å². The van der Waals surface area contributed by atoms with E-state index in [4.69, 9.17) is 4.74 Å². The van der Waals surface area contributed by atoms with Crippen molar-refractivity contribution in [3.05, 3.63) is 48.0 Å². The van der Waals surface area contributed by atoms with Crippen LogP contribution in [0.2, 0.25) is 0 Å². The highest BCUT2D eigenvalue weighted by Crippen LogP contribution is 2.04. The van der Waals surface area contributed by atoms with E-state index in [0.717, 1.165) is 18.4 Å². The van der Waals surface area contributed by atoms with Gasteiger partial charge in [0.2, 0.25) is 0 Å². The van der Waals surface area contributed by atoms with Gasteiger partial charge in [0.25, 0.3) is 0 Å². The van der Waals surface area contributed by atoms with E-state index in [9.17, 15) is 4.79 Å². The van der Waals surface area contributed by atoms with Crippen LogP contribution in [-0.4, -0.2) is 5.97 Å². The Morgan fingerprint density at radius 3 is 2.67 bits per heavy atom. The first-order valence-corrected chi connectivity index (χ1v) is 6.70. The Balaban J connectivity index is 2.12. The number of esters is 1. The Labute approximate surface area is 110 Å². The maximum Gasteiger partial charge on any atom is 0.330 e. The van der Waals surface area contributed by atoms with Gasteiger partial charge in [-0.1, -0.05) is 62.6 Å². The fourth-order valence-corrected chi connectivity index (χ4v) is 1.65. The van der Waals surface area contributed by atoms with Gasteiger partial charge in [-0.05, 0) is 18.4 Å². The molecule has 0 saturated heterocycles. The summed E-state index contributed by atoms with van der Waals surface area (Å²) in [7, 11) is 0. The first-order valence-electron chi connectivity index (χ1n) is 6.70. The van der Waals surface area contributed by atoms with Gasteiger partial charge in [-0.2, -0.15) is 0 Å².